The number of carbonyl (C=O) groups is 1. The molecule has 0 aromatic carbocycles. The van der Waals surface area contributed by atoms with Crippen molar-refractivity contribution in [1.82, 2.24) is 10.2 Å². The SMILES string of the molecule is CC(N)CC(=O)NC1CCN(C2CC2)C1.Cl.Cl. The summed E-state index contributed by atoms with van der Waals surface area (Å²) in [5, 5.41) is 3.06. The van der Waals surface area contributed by atoms with Gasteiger partial charge in [-0.3, -0.25) is 9.69 Å². The van der Waals surface area contributed by atoms with E-state index in [4.69, 9.17) is 5.73 Å². The zero-order valence-electron chi connectivity index (χ0n) is 10.2. The van der Waals surface area contributed by atoms with Gasteiger partial charge in [0.15, 0.2) is 0 Å². The van der Waals surface area contributed by atoms with Gasteiger partial charge < -0.3 is 11.1 Å². The van der Waals surface area contributed by atoms with Crippen LogP contribution in [0.2, 0.25) is 0 Å². The lowest BCUT2D eigenvalue weighted by atomic mass is 10.2. The van der Waals surface area contributed by atoms with Gasteiger partial charge in [0.25, 0.3) is 0 Å². The number of halogens is 2. The van der Waals surface area contributed by atoms with Crippen molar-refractivity contribution < 1.29 is 4.79 Å². The van der Waals surface area contributed by atoms with E-state index < -0.39 is 0 Å². The summed E-state index contributed by atoms with van der Waals surface area (Å²) in [5.41, 5.74) is 5.58. The van der Waals surface area contributed by atoms with E-state index in [2.05, 4.69) is 10.2 Å². The average Bonchev–Trinajstić information content (AvgIpc) is 2.87. The molecule has 0 aromatic rings. The molecule has 0 bridgehead atoms. The zero-order valence-corrected chi connectivity index (χ0v) is 11.9. The Kier molecular flexibility index (Phi) is 7.40. The predicted octanol–water partition coefficient (Wildman–Crippen LogP) is 0.920. The molecule has 1 aliphatic heterocycles. The topological polar surface area (TPSA) is 58.4 Å². The number of nitrogens with one attached hydrogen (secondary N) is 1. The Morgan fingerprint density at radius 1 is 1.41 bits per heavy atom. The van der Waals surface area contributed by atoms with Crippen molar-refractivity contribution >= 4 is 30.7 Å². The zero-order chi connectivity index (χ0) is 10.8. The van der Waals surface area contributed by atoms with Crippen LogP contribution >= 0.6 is 24.8 Å². The number of nitrogens with two attached hydrogens (primary N) is 1. The molecule has 0 spiro atoms. The van der Waals surface area contributed by atoms with Crippen molar-refractivity contribution in [1.29, 1.82) is 0 Å². The van der Waals surface area contributed by atoms with Gasteiger partial charge in [0, 0.05) is 37.6 Å². The molecular weight excluding hydrogens is 261 g/mol. The van der Waals surface area contributed by atoms with Crippen LogP contribution in [0.5, 0.6) is 0 Å². The highest BCUT2D eigenvalue weighted by Crippen LogP contribution is 2.29. The second-order valence-corrected chi connectivity index (χ2v) is 4.96. The van der Waals surface area contributed by atoms with Gasteiger partial charge >= 0.3 is 0 Å². The predicted molar refractivity (Wildman–Crippen MR) is 73.9 cm³/mol. The van der Waals surface area contributed by atoms with E-state index >= 15 is 0 Å². The van der Waals surface area contributed by atoms with Gasteiger partial charge in [-0.25, -0.2) is 0 Å². The highest BCUT2D eigenvalue weighted by atomic mass is 35.5. The van der Waals surface area contributed by atoms with E-state index in [1.54, 1.807) is 0 Å². The minimum atomic E-state index is -0.0362. The first-order valence-electron chi connectivity index (χ1n) is 5.94. The normalized spacial score (nSPS) is 25.6. The average molecular weight is 284 g/mol. The maximum atomic E-state index is 11.5. The van der Waals surface area contributed by atoms with E-state index in [-0.39, 0.29) is 36.8 Å². The van der Waals surface area contributed by atoms with Gasteiger partial charge in [-0.2, -0.15) is 0 Å². The molecule has 2 rings (SSSR count). The van der Waals surface area contributed by atoms with Crippen LogP contribution in [0, 0.1) is 0 Å². The van der Waals surface area contributed by atoms with E-state index in [1.165, 1.54) is 12.8 Å². The smallest absolute Gasteiger partial charge is 0.221 e. The lowest BCUT2D eigenvalue weighted by Crippen LogP contribution is -2.39. The van der Waals surface area contributed by atoms with Crippen molar-refractivity contribution in [2.24, 2.45) is 5.73 Å². The molecule has 4 nitrogen and oxygen atoms in total. The van der Waals surface area contributed by atoms with Crippen molar-refractivity contribution in [2.75, 3.05) is 13.1 Å². The summed E-state index contributed by atoms with van der Waals surface area (Å²) in [7, 11) is 0. The highest BCUT2D eigenvalue weighted by molar-refractivity contribution is 5.85. The van der Waals surface area contributed by atoms with Gasteiger partial charge in [-0.05, 0) is 26.2 Å². The van der Waals surface area contributed by atoms with Crippen LogP contribution < -0.4 is 11.1 Å². The summed E-state index contributed by atoms with van der Waals surface area (Å²) in [6, 6.07) is 1.14. The molecular formula is C11H23Cl2N3O. The first kappa shape index (κ1) is 17.0. The summed E-state index contributed by atoms with van der Waals surface area (Å²) in [5.74, 6) is 0.104. The third-order valence-electron chi connectivity index (χ3n) is 3.16. The van der Waals surface area contributed by atoms with Crippen molar-refractivity contribution in [2.45, 2.75) is 50.7 Å². The second-order valence-electron chi connectivity index (χ2n) is 4.96. The summed E-state index contributed by atoms with van der Waals surface area (Å²) < 4.78 is 0. The Morgan fingerprint density at radius 2 is 2.06 bits per heavy atom. The third-order valence-corrected chi connectivity index (χ3v) is 3.16. The van der Waals surface area contributed by atoms with Crippen LogP contribution in [0.3, 0.4) is 0 Å². The highest BCUT2D eigenvalue weighted by Gasteiger charge is 2.34. The summed E-state index contributed by atoms with van der Waals surface area (Å²) >= 11 is 0. The molecule has 17 heavy (non-hydrogen) atoms. The van der Waals surface area contributed by atoms with Crippen LogP contribution in [0.15, 0.2) is 0 Å². The molecule has 3 N–H and O–H groups in total. The third kappa shape index (κ3) is 5.42. The Labute approximate surface area is 115 Å². The minimum absolute atomic E-state index is 0. The van der Waals surface area contributed by atoms with Gasteiger partial charge in [0.05, 0.1) is 0 Å². The van der Waals surface area contributed by atoms with Gasteiger partial charge in [0.2, 0.25) is 5.91 Å². The summed E-state index contributed by atoms with van der Waals surface area (Å²) in [6.45, 7) is 4.05. The Balaban J connectivity index is 0.00000128. The first-order chi connectivity index (χ1) is 7.15. The minimum Gasteiger partial charge on any atom is -0.352 e. The summed E-state index contributed by atoms with van der Waals surface area (Å²) in [4.78, 5) is 14.0. The quantitative estimate of drug-likeness (QED) is 0.807. The van der Waals surface area contributed by atoms with Crippen molar-refractivity contribution in [3.63, 3.8) is 0 Å². The molecule has 0 radical (unpaired) electrons. The molecule has 2 unspecified atom stereocenters. The molecule has 2 fully saturated rings. The van der Waals surface area contributed by atoms with Gasteiger partial charge in [-0.15, -0.1) is 24.8 Å². The lowest BCUT2D eigenvalue weighted by Gasteiger charge is -2.16. The second kappa shape index (κ2) is 7.41. The maximum absolute atomic E-state index is 11.5. The van der Waals surface area contributed by atoms with E-state index in [0.29, 0.717) is 12.5 Å². The van der Waals surface area contributed by atoms with Crippen LogP contribution in [0.4, 0.5) is 0 Å². The fourth-order valence-corrected chi connectivity index (χ4v) is 2.26. The Morgan fingerprint density at radius 3 is 2.59 bits per heavy atom. The van der Waals surface area contributed by atoms with Crippen molar-refractivity contribution in [3.05, 3.63) is 0 Å². The molecule has 102 valence electrons. The van der Waals surface area contributed by atoms with Crippen LogP contribution in [0.25, 0.3) is 0 Å². The fourth-order valence-electron chi connectivity index (χ4n) is 2.26. The van der Waals surface area contributed by atoms with Gasteiger partial charge in [-0.1, -0.05) is 0 Å². The molecule has 6 heteroatoms. The number of rotatable bonds is 4. The molecule has 0 aromatic heterocycles. The first-order valence-corrected chi connectivity index (χ1v) is 5.94. The van der Waals surface area contributed by atoms with Gasteiger partial charge in [0.1, 0.15) is 0 Å². The Bertz CT molecular complexity index is 247. The molecule has 1 heterocycles. The molecule has 1 saturated heterocycles. The van der Waals surface area contributed by atoms with Crippen LogP contribution in [-0.4, -0.2) is 42.0 Å². The lowest BCUT2D eigenvalue weighted by molar-refractivity contribution is -0.121. The summed E-state index contributed by atoms with van der Waals surface area (Å²) in [6.07, 6.45) is 4.24. The number of amides is 1. The number of hydrogen-bond acceptors (Lipinski definition) is 3. The standard InChI is InChI=1S/C11H21N3O.2ClH/c1-8(12)6-11(15)13-9-4-5-14(7-9)10-2-3-10;;/h8-10H,2-7,12H2,1H3,(H,13,15);2*1H. The van der Waals surface area contributed by atoms with Crippen LogP contribution in [-0.2, 0) is 4.79 Å². The van der Waals surface area contributed by atoms with Crippen LogP contribution in [0.1, 0.15) is 32.6 Å². The molecule has 1 amide bonds. The monoisotopic (exact) mass is 283 g/mol. The fraction of sp³-hybridized carbons (Fsp3) is 0.909. The van der Waals surface area contributed by atoms with E-state index in [1.807, 2.05) is 6.92 Å². The van der Waals surface area contributed by atoms with E-state index in [0.717, 1.165) is 25.6 Å². The van der Waals surface area contributed by atoms with E-state index in [9.17, 15) is 4.79 Å². The maximum Gasteiger partial charge on any atom is 0.221 e. The molecule has 1 aliphatic carbocycles. The largest absolute Gasteiger partial charge is 0.352 e. The molecule has 2 atom stereocenters. The molecule has 1 saturated carbocycles. The number of nitrogens with zero attached hydrogens (tertiary/aromatic N) is 1. The number of carbonyl (C=O) groups excluding carboxylic acids is 1. The van der Waals surface area contributed by atoms with Crippen molar-refractivity contribution in [3.8, 4) is 0 Å². The Hall–Kier alpha value is -0.0300. The number of likely N-dealkylation sites (tertiary alicyclic amines) is 1. The molecule has 2 aliphatic rings. The number of hydrogen-bond donors (Lipinski definition) is 2.